The lowest BCUT2D eigenvalue weighted by atomic mass is 9.92. The van der Waals surface area contributed by atoms with Gasteiger partial charge in [0.1, 0.15) is 5.70 Å². The number of aliphatic hydroxyl groups is 1. The number of benzene rings is 2. The number of hydrogen-bond acceptors (Lipinski definition) is 5. The molecule has 8 nitrogen and oxygen atoms in total. The normalized spacial score (nSPS) is 18.1. The van der Waals surface area contributed by atoms with Gasteiger partial charge in [0, 0.05) is 46.6 Å². The zero-order chi connectivity index (χ0) is 22.4. The maximum Gasteiger partial charge on any atom is 0.275 e. The molecule has 3 heterocycles. The molecular weight excluding hydrogens is 408 g/mol. The van der Waals surface area contributed by atoms with Crippen LogP contribution >= 0.6 is 0 Å². The molecule has 0 bridgehead atoms. The number of carbonyl (C=O) groups is 3. The van der Waals surface area contributed by atoms with Gasteiger partial charge < -0.3 is 20.7 Å². The summed E-state index contributed by atoms with van der Waals surface area (Å²) in [4.78, 5) is 37.0. The first-order valence-corrected chi connectivity index (χ1v) is 10.5. The van der Waals surface area contributed by atoms with Gasteiger partial charge in [-0.3, -0.25) is 19.7 Å². The predicted octanol–water partition coefficient (Wildman–Crippen LogP) is 1.77. The molecule has 0 aliphatic carbocycles. The second-order valence-electron chi connectivity index (χ2n) is 8.13. The average Bonchev–Trinajstić information content (AvgIpc) is 3.26. The van der Waals surface area contributed by atoms with Crippen LogP contribution in [0.4, 0.5) is 5.69 Å². The Bertz CT molecular complexity index is 1300. The van der Waals surface area contributed by atoms with E-state index < -0.39 is 17.7 Å². The summed E-state index contributed by atoms with van der Waals surface area (Å²) in [5, 5.41) is 16.1. The molecule has 1 aromatic heterocycles. The number of carbonyl (C=O) groups excluding carboxylic acids is 3. The van der Waals surface area contributed by atoms with Crippen LogP contribution in [0.15, 0.2) is 54.2 Å². The predicted molar refractivity (Wildman–Crippen MR) is 119 cm³/mol. The van der Waals surface area contributed by atoms with Crippen LogP contribution in [0.5, 0.6) is 0 Å². The minimum absolute atomic E-state index is 0.0719. The van der Waals surface area contributed by atoms with Crippen LogP contribution in [0.25, 0.3) is 16.5 Å². The number of para-hydroxylation sites is 1. The Balaban J connectivity index is 1.68. The van der Waals surface area contributed by atoms with E-state index in [9.17, 15) is 19.5 Å². The Labute approximate surface area is 183 Å². The van der Waals surface area contributed by atoms with E-state index >= 15 is 0 Å². The fraction of sp³-hybridized carbons (Fsp3) is 0.208. The van der Waals surface area contributed by atoms with E-state index in [2.05, 4.69) is 15.2 Å². The van der Waals surface area contributed by atoms with Gasteiger partial charge in [0.05, 0.1) is 5.57 Å². The molecule has 3 aromatic rings. The topological polar surface area (TPSA) is 126 Å². The van der Waals surface area contributed by atoms with Crippen molar-refractivity contribution in [1.29, 1.82) is 0 Å². The van der Waals surface area contributed by atoms with Gasteiger partial charge in [-0.25, -0.2) is 0 Å². The molecule has 0 fully saturated rings. The summed E-state index contributed by atoms with van der Waals surface area (Å²) in [5.74, 6) is -1.42. The monoisotopic (exact) mass is 430 g/mol. The fourth-order valence-corrected chi connectivity index (χ4v) is 4.62. The Hall–Kier alpha value is -3.91. The van der Waals surface area contributed by atoms with E-state index in [0.29, 0.717) is 17.7 Å². The molecule has 0 radical (unpaired) electrons. The van der Waals surface area contributed by atoms with Gasteiger partial charge in [-0.1, -0.05) is 18.2 Å². The van der Waals surface area contributed by atoms with Crippen LogP contribution in [0.2, 0.25) is 0 Å². The molecule has 32 heavy (non-hydrogen) atoms. The number of hydrogen-bond donors (Lipinski definition) is 4. The summed E-state index contributed by atoms with van der Waals surface area (Å²) < 4.78 is 2.18. The summed E-state index contributed by atoms with van der Waals surface area (Å²) in [7, 11) is 0. The van der Waals surface area contributed by atoms with Crippen molar-refractivity contribution in [2.45, 2.75) is 19.4 Å². The van der Waals surface area contributed by atoms with Crippen LogP contribution in [-0.4, -0.2) is 34.0 Å². The molecule has 5 rings (SSSR count). The maximum atomic E-state index is 13.0. The Morgan fingerprint density at radius 3 is 2.59 bits per heavy atom. The van der Waals surface area contributed by atoms with E-state index in [1.54, 1.807) is 24.3 Å². The number of aliphatic hydroxyl groups excluding tert-OH is 1. The highest BCUT2D eigenvalue weighted by atomic mass is 16.3. The molecule has 162 valence electrons. The largest absolute Gasteiger partial charge is 0.396 e. The number of nitrogens with zero attached hydrogens (tertiary/aromatic N) is 1. The van der Waals surface area contributed by atoms with Gasteiger partial charge in [-0.2, -0.15) is 0 Å². The number of anilines is 1. The van der Waals surface area contributed by atoms with Gasteiger partial charge in [0.25, 0.3) is 11.8 Å². The SMILES string of the molecule is NC(=O)c1ccc(NC2=C(c3c4n(c5ccccc35)CCC(CO)C4)C(=O)NC2=O)cc1. The molecule has 2 aliphatic rings. The molecule has 1 atom stereocenters. The van der Waals surface area contributed by atoms with Crippen LogP contribution in [0, 0.1) is 5.92 Å². The minimum Gasteiger partial charge on any atom is -0.396 e. The Morgan fingerprint density at radius 2 is 1.88 bits per heavy atom. The van der Waals surface area contributed by atoms with E-state index in [1.165, 1.54) is 0 Å². The molecule has 5 N–H and O–H groups in total. The summed E-state index contributed by atoms with van der Waals surface area (Å²) >= 11 is 0. The number of amides is 3. The molecule has 1 unspecified atom stereocenters. The van der Waals surface area contributed by atoms with Crippen molar-refractivity contribution in [3.05, 3.63) is 71.0 Å². The molecule has 0 spiro atoms. The number of aromatic nitrogens is 1. The van der Waals surface area contributed by atoms with Gasteiger partial charge in [-0.05, 0) is 49.1 Å². The van der Waals surface area contributed by atoms with Crippen LogP contribution in [0.1, 0.15) is 28.0 Å². The molecular formula is C24H22N4O4. The molecule has 8 heteroatoms. The molecule has 0 saturated heterocycles. The van der Waals surface area contributed by atoms with Crippen molar-refractivity contribution in [2.24, 2.45) is 11.7 Å². The van der Waals surface area contributed by atoms with Crippen LogP contribution in [-0.2, 0) is 22.6 Å². The quantitative estimate of drug-likeness (QED) is 0.459. The lowest BCUT2D eigenvalue weighted by Gasteiger charge is -2.24. The van der Waals surface area contributed by atoms with E-state index in [4.69, 9.17) is 5.73 Å². The van der Waals surface area contributed by atoms with Crippen molar-refractivity contribution in [3.8, 4) is 0 Å². The van der Waals surface area contributed by atoms with Crippen molar-refractivity contribution in [3.63, 3.8) is 0 Å². The Kier molecular flexibility index (Phi) is 4.79. The first kappa shape index (κ1) is 20.0. The standard InChI is InChI=1S/C24H22N4O4/c25-22(30)14-5-7-15(8-6-14)26-21-20(23(31)27-24(21)32)19-16-3-1-2-4-17(16)28-10-9-13(12-29)11-18(19)28/h1-8,13,29H,9-12H2,(H2,25,30)(H2,26,27,31,32). The Morgan fingerprint density at radius 1 is 1.12 bits per heavy atom. The number of rotatable bonds is 5. The summed E-state index contributed by atoms with van der Waals surface area (Å²) in [6, 6.07) is 14.2. The fourth-order valence-electron chi connectivity index (χ4n) is 4.62. The van der Waals surface area contributed by atoms with Gasteiger partial charge in [-0.15, -0.1) is 0 Å². The highest BCUT2D eigenvalue weighted by molar-refractivity contribution is 6.38. The first-order valence-electron chi connectivity index (χ1n) is 10.5. The molecule has 2 aliphatic heterocycles. The highest BCUT2D eigenvalue weighted by Gasteiger charge is 2.36. The van der Waals surface area contributed by atoms with Gasteiger partial charge in [0.15, 0.2) is 0 Å². The van der Waals surface area contributed by atoms with Crippen LogP contribution in [0.3, 0.4) is 0 Å². The van der Waals surface area contributed by atoms with Gasteiger partial charge >= 0.3 is 0 Å². The first-order chi connectivity index (χ1) is 15.5. The average molecular weight is 430 g/mol. The summed E-state index contributed by atoms with van der Waals surface area (Å²) in [5.41, 5.74) is 9.31. The van der Waals surface area contributed by atoms with E-state index in [-0.39, 0.29) is 23.8 Å². The molecule has 2 aromatic carbocycles. The lowest BCUT2D eigenvalue weighted by Crippen LogP contribution is -2.25. The number of nitrogens with two attached hydrogens (primary N) is 1. The molecule has 0 saturated carbocycles. The number of imide groups is 1. The third kappa shape index (κ3) is 3.16. The van der Waals surface area contributed by atoms with Crippen molar-refractivity contribution >= 4 is 39.9 Å². The number of nitrogens with one attached hydrogen (secondary N) is 2. The maximum absolute atomic E-state index is 13.0. The van der Waals surface area contributed by atoms with E-state index in [1.807, 2.05) is 24.3 Å². The smallest absolute Gasteiger partial charge is 0.275 e. The highest BCUT2D eigenvalue weighted by Crippen LogP contribution is 2.39. The van der Waals surface area contributed by atoms with Crippen molar-refractivity contribution in [1.82, 2.24) is 9.88 Å². The number of aryl methyl sites for hydroxylation is 1. The third-order valence-electron chi connectivity index (χ3n) is 6.20. The van der Waals surface area contributed by atoms with E-state index in [0.717, 1.165) is 35.1 Å². The molecule has 3 amide bonds. The summed E-state index contributed by atoms with van der Waals surface area (Å²) in [6.07, 6.45) is 1.47. The summed E-state index contributed by atoms with van der Waals surface area (Å²) in [6.45, 7) is 0.809. The van der Waals surface area contributed by atoms with Crippen LogP contribution < -0.4 is 16.4 Å². The number of primary amides is 1. The van der Waals surface area contributed by atoms with Gasteiger partial charge in [0.2, 0.25) is 5.91 Å². The van der Waals surface area contributed by atoms with Crippen molar-refractivity contribution < 1.29 is 19.5 Å². The second kappa shape index (κ2) is 7.65. The lowest BCUT2D eigenvalue weighted by molar-refractivity contribution is -0.123. The zero-order valence-corrected chi connectivity index (χ0v) is 17.2. The number of fused-ring (bicyclic) bond motifs is 3. The third-order valence-corrected chi connectivity index (χ3v) is 6.20. The van der Waals surface area contributed by atoms with Crippen molar-refractivity contribution in [2.75, 3.05) is 11.9 Å². The minimum atomic E-state index is -0.546. The zero-order valence-electron chi connectivity index (χ0n) is 17.2. The second-order valence-corrected chi connectivity index (χ2v) is 8.13.